The summed E-state index contributed by atoms with van der Waals surface area (Å²) in [5, 5.41) is 13.6. The van der Waals surface area contributed by atoms with Crippen LogP contribution in [0.1, 0.15) is 16.3 Å². The third kappa shape index (κ3) is 4.93. The van der Waals surface area contributed by atoms with Gasteiger partial charge in [-0.05, 0) is 29.8 Å². The van der Waals surface area contributed by atoms with E-state index >= 15 is 0 Å². The van der Waals surface area contributed by atoms with Crippen LogP contribution in [0.4, 0.5) is 0 Å². The molecule has 5 nitrogen and oxygen atoms in total. The van der Waals surface area contributed by atoms with Gasteiger partial charge in [-0.2, -0.15) is 0 Å². The molecule has 0 aliphatic rings. The molecule has 0 amide bonds. The highest BCUT2D eigenvalue weighted by Gasteiger charge is 2.14. The molecule has 0 bridgehead atoms. The molecule has 0 atom stereocenters. The number of pyridine rings is 1. The largest absolute Gasteiger partial charge is 0.298 e. The third-order valence-electron chi connectivity index (χ3n) is 4.18. The fourth-order valence-electron chi connectivity index (χ4n) is 2.82. The van der Waals surface area contributed by atoms with Crippen molar-refractivity contribution in [3.05, 3.63) is 88.1 Å². The number of allylic oxidation sites excluding steroid dienone is 1. The lowest BCUT2D eigenvalue weighted by molar-refractivity contribution is 0.731. The molecule has 1 aromatic carbocycles. The molecule has 0 fully saturated rings. The molecule has 4 rings (SSSR count). The maximum Gasteiger partial charge on any atom is 0.192 e. The summed E-state index contributed by atoms with van der Waals surface area (Å²) in [6, 6.07) is 11.8. The van der Waals surface area contributed by atoms with Crippen molar-refractivity contribution in [2.75, 3.05) is 0 Å². The van der Waals surface area contributed by atoms with E-state index in [0.717, 1.165) is 44.4 Å². The maximum atomic E-state index is 5.96. The standard InChI is InChI=1S/C21H18ClN5S2/c1-2-11-27-20(16-7-9-23-10-8-16)25-26-21(27)29-14-18-13-28-19(24-18)12-15-3-5-17(22)6-4-15/h2-10,13H,1,11-12,14H2. The lowest BCUT2D eigenvalue weighted by Gasteiger charge is -2.07. The molecular weight excluding hydrogens is 422 g/mol. The minimum absolute atomic E-state index is 0.645. The highest BCUT2D eigenvalue weighted by molar-refractivity contribution is 7.98. The molecule has 3 aromatic heterocycles. The van der Waals surface area contributed by atoms with Crippen LogP contribution >= 0.6 is 34.7 Å². The van der Waals surface area contributed by atoms with Crippen molar-refractivity contribution < 1.29 is 0 Å². The molecule has 0 N–H and O–H groups in total. The van der Waals surface area contributed by atoms with Crippen molar-refractivity contribution in [1.29, 1.82) is 0 Å². The lowest BCUT2D eigenvalue weighted by atomic mass is 10.2. The highest BCUT2D eigenvalue weighted by atomic mass is 35.5. The Morgan fingerprint density at radius 1 is 1.10 bits per heavy atom. The Kier molecular flexibility index (Phi) is 6.39. The Morgan fingerprint density at radius 2 is 1.90 bits per heavy atom. The van der Waals surface area contributed by atoms with Crippen molar-refractivity contribution >= 4 is 34.7 Å². The molecule has 0 radical (unpaired) electrons. The molecule has 3 heterocycles. The van der Waals surface area contributed by atoms with E-state index in [1.807, 2.05) is 42.5 Å². The van der Waals surface area contributed by atoms with Gasteiger partial charge in [0.2, 0.25) is 0 Å². The normalized spacial score (nSPS) is 10.9. The summed E-state index contributed by atoms with van der Waals surface area (Å²) in [6.07, 6.45) is 6.18. The molecule has 146 valence electrons. The second kappa shape index (κ2) is 9.35. The molecule has 29 heavy (non-hydrogen) atoms. The van der Waals surface area contributed by atoms with Crippen LogP contribution < -0.4 is 0 Å². The van der Waals surface area contributed by atoms with Gasteiger partial charge in [0, 0.05) is 47.1 Å². The molecule has 0 aliphatic carbocycles. The minimum atomic E-state index is 0.645. The molecule has 8 heteroatoms. The van der Waals surface area contributed by atoms with Gasteiger partial charge in [-0.15, -0.1) is 28.1 Å². The Hall–Kier alpha value is -2.48. The first kappa shape index (κ1) is 19.8. The van der Waals surface area contributed by atoms with Crippen LogP contribution in [0.3, 0.4) is 0 Å². The zero-order valence-electron chi connectivity index (χ0n) is 15.5. The summed E-state index contributed by atoms with van der Waals surface area (Å²) in [4.78, 5) is 8.83. The lowest BCUT2D eigenvalue weighted by Crippen LogP contribution is -2.00. The van der Waals surface area contributed by atoms with E-state index in [4.69, 9.17) is 16.6 Å². The number of rotatable bonds is 8. The molecule has 0 saturated heterocycles. The highest BCUT2D eigenvalue weighted by Crippen LogP contribution is 2.27. The monoisotopic (exact) mass is 439 g/mol. The van der Waals surface area contributed by atoms with E-state index in [-0.39, 0.29) is 0 Å². The van der Waals surface area contributed by atoms with Gasteiger partial charge >= 0.3 is 0 Å². The predicted octanol–water partition coefficient (Wildman–Crippen LogP) is 5.52. The minimum Gasteiger partial charge on any atom is -0.298 e. The van der Waals surface area contributed by atoms with Crippen molar-refractivity contribution in [2.45, 2.75) is 23.9 Å². The second-order valence-corrected chi connectivity index (χ2v) is 8.59. The van der Waals surface area contributed by atoms with Crippen LogP contribution in [0.15, 0.2) is 72.0 Å². The van der Waals surface area contributed by atoms with Gasteiger partial charge in [0.25, 0.3) is 0 Å². The van der Waals surface area contributed by atoms with Crippen molar-refractivity contribution in [3.63, 3.8) is 0 Å². The van der Waals surface area contributed by atoms with Gasteiger partial charge in [0.05, 0.1) is 10.7 Å². The fraction of sp³-hybridized carbons (Fsp3) is 0.143. The van der Waals surface area contributed by atoms with Crippen LogP contribution in [0.2, 0.25) is 5.02 Å². The summed E-state index contributed by atoms with van der Waals surface area (Å²) in [6.45, 7) is 4.51. The summed E-state index contributed by atoms with van der Waals surface area (Å²) in [5.74, 6) is 1.56. The van der Waals surface area contributed by atoms with Crippen molar-refractivity contribution in [2.24, 2.45) is 0 Å². The first-order chi connectivity index (χ1) is 14.2. The van der Waals surface area contributed by atoms with Gasteiger partial charge in [0.1, 0.15) is 0 Å². The Balaban J connectivity index is 1.45. The van der Waals surface area contributed by atoms with Gasteiger partial charge in [-0.3, -0.25) is 9.55 Å². The zero-order chi connectivity index (χ0) is 20.1. The van der Waals surface area contributed by atoms with E-state index in [1.165, 1.54) is 5.56 Å². The smallest absolute Gasteiger partial charge is 0.192 e. The van der Waals surface area contributed by atoms with E-state index in [0.29, 0.717) is 6.54 Å². The van der Waals surface area contributed by atoms with Gasteiger partial charge in [-0.1, -0.05) is 41.6 Å². The van der Waals surface area contributed by atoms with Crippen LogP contribution in [-0.4, -0.2) is 24.7 Å². The average molecular weight is 440 g/mol. The molecule has 0 saturated carbocycles. The van der Waals surface area contributed by atoms with Gasteiger partial charge < -0.3 is 0 Å². The fourth-order valence-corrected chi connectivity index (χ4v) is 4.72. The average Bonchev–Trinajstić information content (AvgIpc) is 3.36. The van der Waals surface area contributed by atoms with Crippen LogP contribution in [0.5, 0.6) is 0 Å². The Morgan fingerprint density at radius 3 is 2.66 bits per heavy atom. The number of nitrogens with zero attached hydrogens (tertiary/aromatic N) is 5. The van der Waals surface area contributed by atoms with Crippen LogP contribution in [0, 0.1) is 0 Å². The van der Waals surface area contributed by atoms with Gasteiger partial charge in [0.15, 0.2) is 11.0 Å². The first-order valence-corrected chi connectivity index (χ1v) is 11.2. The van der Waals surface area contributed by atoms with Crippen LogP contribution in [-0.2, 0) is 18.7 Å². The third-order valence-corrected chi connectivity index (χ3v) is 6.33. The summed E-state index contributed by atoms with van der Waals surface area (Å²) < 4.78 is 2.06. The maximum absolute atomic E-state index is 5.96. The number of thioether (sulfide) groups is 1. The molecular formula is C21H18ClN5S2. The van der Waals surface area contributed by atoms with Crippen LogP contribution in [0.25, 0.3) is 11.4 Å². The number of hydrogen-bond acceptors (Lipinski definition) is 6. The molecule has 0 spiro atoms. The van der Waals surface area contributed by atoms with Crippen molar-refractivity contribution in [1.82, 2.24) is 24.7 Å². The first-order valence-electron chi connectivity index (χ1n) is 8.98. The molecule has 0 aliphatic heterocycles. The quantitative estimate of drug-likeness (QED) is 0.267. The second-order valence-electron chi connectivity index (χ2n) is 6.27. The predicted molar refractivity (Wildman–Crippen MR) is 119 cm³/mol. The summed E-state index contributed by atoms with van der Waals surface area (Å²) >= 11 is 9.26. The number of hydrogen-bond donors (Lipinski definition) is 0. The van der Waals surface area contributed by atoms with Gasteiger partial charge in [-0.25, -0.2) is 4.98 Å². The van der Waals surface area contributed by atoms with E-state index in [2.05, 4.69) is 31.7 Å². The number of benzene rings is 1. The van der Waals surface area contributed by atoms with Crippen molar-refractivity contribution in [3.8, 4) is 11.4 Å². The Bertz CT molecular complexity index is 1090. The van der Waals surface area contributed by atoms with E-state index in [1.54, 1.807) is 35.5 Å². The SMILES string of the molecule is C=CCn1c(SCc2csc(Cc3ccc(Cl)cc3)n2)nnc1-c1ccncc1. The molecule has 0 unspecified atom stereocenters. The van der Waals surface area contributed by atoms with E-state index < -0.39 is 0 Å². The number of thiazole rings is 1. The summed E-state index contributed by atoms with van der Waals surface area (Å²) in [7, 11) is 0. The summed E-state index contributed by atoms with van der Waals surface area (Å²) in [5.41, 5.74) is 3.23. The Labute approximate surface area is 182 Å². The number of halogens is 1. The number of aromatic nitrogens is 5. The topological polar surface area (TPSA) is 56.5 Å². The zero-order valence-corrected chi connectivity index (χ0v) is 17.9. The van der Waals surface area contributed by atoms with E-state index in [9.17, 15) is 0 Å². The molecule has 4 aromatic rings.